The van der Waals surface area contributed by atoms with Crippen molar-refractivity contribution < 1.29 is 9.53 Å². The maximum absolute atomic E-state index is 12.8. The number of thiazole rings is 1. The molecule has 1 aliphatic carbocycles. The lowest BCUT2D eigenvalue weighted by Gasteiger charge is -2.17. The van der Waals surface area contributed by atoms with Gasteiger partial charge in [-0.15, -0.1) is 11.3 Å². The van der Waals surface area contributed by atoms with Crippen LogP contribution >= 0.6 is 11.3 Å². The highest BCUT2D eigenvalue weighted by Gasteiger charge is 2.23. The number of nitrogens with one attached hydrogen (secondary N) is 1. The Morgan fingerprint density at radius 2 is 1.97 bits per heavy atom. The highest BCUT2D eigenvalue weighted by atomic mass is 32.1. The zero-order chi connectivity index (χ0) is 21.0. The van der Waals surface area contributed by atoms with E-state index in [-0.39, 0.29) is 18.1 Å². The Balaban J connectivity index is 1.63. The Morgan fingerprint density at radius 1 is 1.24 bits per heavy atom. The van der Waals surface area contributed by atoms with E-state index in [1.807, 2.05) is 6.92 Å². The van der Waals surface area contributed by atoms with Gasteiger partial charge in [-0.3, -0.25) is 4.79 Å². The van der Waals surface area contributed by atoms with Gasteiger partial charge in [0.15, 0.2) is 0 Å². The fourth-order valence-electron chi connectivity index (χ4n) is 4.12. The lowest BCUT2D eigenvalue weighted by Crippen LogP contribution is -2.24. The van der Waals surface area contributed by atoms with Crippen LogP contribution in [0.3, 0.4) is 0 Å². The molecule has 1 unspecified atom stereocenters. The number of hydrogen-bond donors (Lipinski definition) is 1. The number of ether oxygens (including phenoxy) is 1. The predicted octanol–water partition coefficient (Wildman–Crippen LogP) is 5.70. The van der Waals surface area contributed by atoms with Gasteiger partial charge >= 0.3 is 0 Å². The molecule has 0 radical (unpaired) electrons. The smallest absolute Gasteiger partial charge is 0.271 e. The minimum atomic E-state index is -0.0655. The summed E-state index contributed by atoms with van der Waals surface area (Å²) >= 11 is 1.69. The fourth-order valence-corrected chi connectivity index (χ4v) is 5.21. The van der Waals surface area contributed by atoms with Crippen LogP contribution in [0.5, 0.6) is 0 Å². The summed E-state index contributed by atoms with van der Waals surface area (Å²) in [6, 6.07) is 6.47. The highest BCUT2D eigenvalue weighted by Crippen LogP contribution is 2.37. The monoisotopic (exact) mass is 414 g/mol. The van der Waals surface area contributed by atoms with Crippen LogP contribution in [0.2, 0.25) is 0 Å². The molecule has 29 heavy (non-hydrogen) atoms. The lowest BCUT2D eigenvalue weighted by molar-refractivity contribution is 0.0195. The maximum Gasteiger partial charge on any atom is 0.271 e. The van der Waals surface area contributed by atoms with Crippen LogP contribution in [0, 0.1) is 13.8 Å². The first-order valence-electron chi connectivity index (χ1n) is 10.8. The Labute approximate surface area is 179 Å². The summed E-state index contributed by atoms with van der Waals surface area (Å²) in [5.74, 6) is 0.485. The first-order valence-corrected chi connectivity index (χ1v) is 11.6. The molecule has 1 fully saturated rings. The number of nitrogens with zero attached hydrogens (tertiary/aromatic N) is 1. The van der Waals surface area contributed by atoms with Crippen molar-refractivity contribution in [3.63, 3.8) is 0 Å². The van der Waals surface area contributed by atoms with Gasteiger partial charge in [-0.1, -0.05) is 31.0 Å². The molecule has 1 atom stereocenters. The molecule has 0 spiro atoms. The van der Waals surface area contributed by atoms with Crippen molar-refractivity contribution in [2.45, 2.75) is 91.4 Å². The van der Waals surface area contributed by atoms with Gasteiger partial charge in [0.1, 0.15) is 5.69 Å². The number of benzene rings is 1. The van der Waals surface area contributed by atoms with Crippen LogP contribution in [-0.2, 0) is 17.7 Å². The summed E-state index contributed by atoms with van der Waals surface area (Å²) in [6.45, 7) is 10.8. The molecule has 1 aromatic heterocycles. The van der Waals surface area contributed by atoms with Gasteiger partial charge in [-0.2, -0.15) is 0 Å². The third-order valence-corrected chi connectivity index (χ3v) is 6.75. The number of aromatic nitrogens is 1. The molecular weight excluding hydrogens is 380 g/mol. The first-order chi connectivity index (χ1) is 13.8. The molecule has 1 aliphatic rings. The zero-order valence-corrected chi connectivity index (χ0v) is 19.2. The standard InChI is InChI=1S/C24H34N2O2S/c1-15(2)28-17(4)12-19-11-10-16(3)21(13-19)14-25-23(27)22-18(5)29-24(26-22)20-8-6-7-9-20/h10-11,13,15,17,20H,6-9,12,14H2,1-5H3,(H,25,27). The fraction of sp³-hybridized carbons (Fsp3) is 0.583. The maximum atomic E-state index is 12.8. The van der Waals surface area contributed by atoms with E-state index < -0.39 is 0 Å². The number of hydrogen-bond acceptors (Lipinski definition) is 4. The minimum absolute atomic E-state index is 0.0655. The highest BCUT2D eigenvalue weighted by molar-refractivity contribution is 7.12. The Morgan fingerprint density at radius 3 is 2.66 bits per heavy atom. The van der Waals surface area contributed by atoms with Crippen molar-refractivity contribution in [3.05, 3.63) is 50.5 Å². The number of amides is 1. The lowest BCUT2D eigenvalue weighted by atomic mass is 10.0. The average Bonchev–Trinajstić information content (AvgIpc) is 3.30. The number of carbonyl (C=O) groups is 1. The van der Waals surface area contributed by atoms with Gasteiger partial charge in [0.05, 0.1) is 17.2 Å². The summed E-state index contributed by atoms with van der Waals surface area (Å²) in [6.07, 6.45) is 6.24. The van der Waals surface area contributed by atoms with Crippen LogP contribution in [0.1, 0.15) is 89.4 Å². The number of carbonyl (C=O) groups excluding carboxylic acids is 1. The second-order valence-electron chi connectivity index (χ2n) is 8.58. The summed E-state index contributed by atoms with van der Waals surface area (Å²) in [7, 11) is 0. The van der Waals surface area contributed by atoms with Gasteiger partial charge < -0.3 is 10.1 Å². The Bertz CT molecular complexity index is 837. The molecule has 0 bridgehead atoms. The predicted molar refractivity (Wildman–Crippen MR) is 120 cm³/mol. The van der Waals surface area contributed by atoms with E-state index in [9.17, 15) is 4.79 Å². The molecule has 4 nitrogen and oxygen atoms in total. The molecule has 0 saturated heterocycles. The van der Waals surface area contributed by atoms with Crippen molar-refractivity contribution in [2.75, 3.05) is 0 Å². The normalized spacial score (nSPS) is 15.8. The van der Waals surface area contributed by atoms with Crippen molar-refractivity contribution in [2.24, 2.45) is 0 Å². The van der Waals surface area contributed by atoms with Crippen LogP contribution in [-0.4, -0.2) is 23.1 Å². The van der Waals surface area contributed by atoms with Crippen LogP contribution in [0.25, 0.3) is 0 Å². The molecule has 158 valence electrons. The van der Waals surface area contributed by atoms with E-state index in [4.69, 9.17) is 9.72 Å². The summed E-state index contributed by atoms with van der Waals surface area (Å²) < 4.78 is 5.86. The van der Waals surface area contributed by atoms with Crippen LogP contribution < -0.4 is 5.32 Å². The van der Waals surface area contributed by atoms with Gasteiger partial charge in [-0.05, 0) is 70.6 Å². The van der Waals surface area contributed by atoms with E-state index in [0.717, 1.165) is 21.9 Å². The van der Waals surface area contributed by atoms with Gasteiger partial charge in [0.2, 0.25) is 0 Å². The number of rotatable bonds is 8. The molecule has 1 heterocycles. The largest absolute Gasteiger partial charge is 0.376 e. The van der Waals surface area contributed by atoms with Gasteiger partial charge in [0.25, 0.3) is 5.91 Å². The molecule has 3 rings (SSSR count). The number of aryl methyl sites for hydroxylation is 2. The molecule has 5 heteroatoms. The first kappa shape index (κ1) is 22.0. The van der Waals surface area contributed by atoms with E-state index >= 15 is 0 Å². The van der Waals surface area contributed by atoms with E-state index in [1.165, 1.54) is 36.8 Å². The van der Waals surface area contributed by atoms with E-state index in [0.29, 0.717) is 18.2 Å². The van der Waals surface area contributed by atoms with Crippen LogP contribution in [0.4, 0.5) is 0 Å². The molecular formula is C24H34N2O2S. The second-order valence-corrected chi connectivity index (χ2v) is 9.82. The van der Waals surface area contributed by atoms with Crippen LogP contribution in [0.15, 0.2) is 18.2 Å². The molecule has 1 N–H and O–H groups in total. The zero-order valence-electron chi connectivity index (χ0n) is 18.4. The summed E-state index contributed by atoms with van der Waals surface area (Å²) in [5.41, 5.74) is 4.18. The SMILES string of the molecule is Cc1ccc(CC(C)OC(C)C)cc1CNC(=O)c1nc(C2CCCC2)sc1C. The van der Waals surface area contributed by atoms with Gasteiger partial charge in [-0.25, -0.2) is 4.98 Å². The quantitative estimate of drug-likeness (QED) is 0.602. The van der Waals surface area contributed by atoms with Crippen molar-refractivity contribution in [1.82, 2.24) is 10.3 Å². The molecule has 1 saturated carbocycles. The molecule has 1 aromatic carbocycles. The average molecular weight is 415 g/mol. The third-order valence-electron chi connectivity index (χ3n) is 5.61. The summed E-state index contributed by atoms with van der Waals surface area (Å²) in [4.78, 5) is 18.5. The third kappa shape index (κ3) is 5.89. The second kappa shape index (κ2) is 9.86. The Kier molecular flexibility index (Phi) is 7.47. The topological polar surface area (TPSA) is 51.2 Å². The van der Waals surface area contributed by atoms with E-state index in [1.54, 1.807) is 11.3 Å². The summed E-state index contributed by atoms with van der Waals surface area (Å²) in [5, 5.41) is 4.23. The molecule has 0 aliphatic heterocycles. The van der Waals surface area contributed by atoms with Crippen molar-refractivity contribution in [3.8, 4) is 0 Å². The van der Waals surface area contributed by atoms with E-state index in [2.05, 4.69) is 51.2 Å². The minimum Gasteiger partial charge on any atom is -0.376 e. The van der Waals surface area contributed by atoms with Gasteiger partial charge in [0, 0.05) is 17.3 Å². The van der Waals surface area contributed by atoms with Crippen molar-refractivity contribution >= 4 is 17.2 Å². The molecule has 1 amide bonds. The van der Waals surface area contributed by atoms with Crippen molar-refractivity contribution in [1.29, 1.82) is 0 Å². The molecule has 2 aromatic rings. The Hall–Kier alpha value is -1.72.